The Kier molecular flexibility index (Phi) is 8.94. The van der Waals surface area contributed by atoms with Crippen molar-refractivity contribution in [2.24, 2.45) is 0 Å². The zero-order valence-corrected chi connectivity index (χ0v) is 19.2. The average Bonchev–Trinajstić information content (AvgIpc) is 2.68. The van der Waals surface area contributed by atoms with Gasteiger partial charge in [0.15, 0.2) is 0 Å². The number of unbranched alkanes of at least 4 members (excludes halogenated alkanes) is 3. The van der Waals surface area contributed by atoms with Crippen molar-refractivity contribution < 1.29 is 0 Å². The predicted molar refractivity (Wildman–Crippen MR) is 112 cm³/mol. The Morgan fingerprint density at radius 3 is 1.84 bits per heavy atom. The monoisotopic (exact) mass is 446 g/mol. The molecule has 0 amide bonds. The molecule has 0 N–H and O–H groups in total. The molecule has 0 spiro atoms. The van der Waals surface area contributed by atoms with E-state index in [9.17, 15) is 0 Å². The van der Waals surface area contributed by atoms with E-state index in [1.807, 2.05) is 6.20 Å². The van der Waals surface area contributed by atoms with Gasteiger partial charge in [-0.25, -0.2) is 0 Å². The summed E-state index contributed by atoms with van der Waals surface area (Å²) in [4.78, 5) is 0. The molecule has 3 heteroatoms. The molecule has 0 aliphatic heterocycles. The zero-order chi connectivity index (χ0) is 18.0. The molecular formula is C22H34N2Sn. The Hall–Kier alpha value is -0.901. The Morgan fingerprint density at radius 2 is 1.32 bits per heavy atom. The van der Waals surface area contributed by atoms with Crippen molar-refractivity contribution in [2.75, 3.05) is 0 Å². The summed E-state index contributed by atoms with van der Waals surface area (Å²) in [6.45, 7) is 7.00. The summed E-state index contributed by atoms with van der Waals surface area (Å²) in [5.74, 6) is 0. The summed E-state index contributed by atoms with van der Waals surface area (Å²) in [5, 5.41) is 8.90. The van der Waals surface area contributed by atoms with Crippen LogP contribution in [-0.2, 0) is 0 Å². The molecule has 25 heavy (non-hydrogen) atoms. The number of hydrogen-bond acceptors (Lipinski definition) is 2. The van der Waals surface area contributed by atoms with Crippen LogP contribution in [0.5, 0.6) is 0 Å². The molecule has 2 rings (SSSR count). The van der Waals surface area contributed by atoms with Crippen LogP contribution in [0.15, 0.2) is 42.6 Å². The van der Waals surface area contributed by atoms with Crippen molar-refractivity contribution in [3.05, 3.63) is 42.6 Å². The number of benzene rings is 1. The van der Waals surface area contributed by atoms with E-state index in [4.69, 9.17) is 0 Å². The SMILES string of the molecule is CCC[CH2][Sn]([CH2]CCC)([CH2]CCC)[c]1ccnnc1-c1ccccc1. The molecule has 0 aliphatic carbocycles. The fourth-order valence-corrected chi connectivity index (χ4v) is 20.4. The summed E-state index contributed by atoms with van der Waals surface area (Å²) < 4.78 is 6.04. The van der Waals surface area contributed by atoms with Crippen LogP contribution in [0.1, 0.15) is 59.3 Å². The third-order valence-electron chi connectivity index (χ3n) is 5.37. The van der Waals surface area contributed by atoms with Gasteiger partial charge in [-0.05, 0) is 0 Å². The molecule has 0 saturated carbocycles. The minimum absolute atomic E-state index is 1.18. The van der Waals surface area contributed by atoms with E-state index in [0.29, 0.717) is 0 Å². The van der Waals surface area contributed by atoms with Gasteiger partial charge in [0.1, 0.15) is 0 Å². The molecule has 0 radical (unpaired) electrons. The quantitative estimate of drug-likeness (QED) is 0.385. The van der Waals surface area contributed by atoms with Gasteiger partial charge in [0.25, 0.3) is 0 Å². The van der Waals surface area contributed by atoms with Gasteiger partial charge in [0, 0.05) is 0 Å². The minimum atomic E-state index is -2.49. The Labute approximate surface area is 158 Å². The summed E-state index contributed by atoms with van der Waals surface area (Å²) in [5.41, 5.74) is 2.43. The first-order chi connectivity index (χ1) is 12.3. The van der Waals surface area contributed by atoms with Gasteiger partial charge in [-0.1, -0.05) is 0 Å². The topological polar surface area (TPSA) is 25.8 Å². The summed E-state index contributed by atoms with van der Waals surface area (Å²) in [6, 6.07) is 13.1. The van der Waals surface area contributed by atoms with Crippen molar-refractivity contribution in [1.29, 1.82) is 0 Å². The molecule has 2 nitrogen and oxygen atoms in total. The molecule has 136 valence electrons. The van der Waals surface area contributed by atoms with Crippen LogP contribution >= 0.6 is 0 Å². The Balaban J connectivity index is 2.51. The number of nitrogens with zero attached hydrogens (tertiary/aromatic N) is 2. The summed E-state index contributed by atoms with van der Waals surface area (Å²) in [7, 11) is 0. The van der Waals surface area contributed by atoms with Crippen LogP contribution in [0.2, 0.25) is 13.3 Å². The molecule has 2 aromatic rings. The predicted octanol–water partition coefficient (Wildman–Crippen LogP) is 6.20. The van der Waals surface area contributed by atoms with Gasteiger partial charge in [-0.3, -0.25) is 0 Å². The average molecular weight is 445 g/mol. The van der Waals surface area contributed by atoms with E-state index < -0.39 is 18.4 Å². The second-order valence-corrected chi connectivity index (χ2v) is 20.4. The fraction of sp³-hybridized carbons (Fsp3) is 0.545. The molecule has 0 fully saturated rings. The van der Waals surface area contributed by atoms with Crippen molar-refractivity contribution in [3.8, 4) is 11.3 Å². The number of hydrogen-bond donors (Lipinski definition) is 0. The Morgan fingerprint density at radius 1 is 0.760 bits per heavy atom. The van der Waals surface area contributed by atoms with Gasteiger partial charge < -0.3 is 0 Å². The first-order valence-corrected chi connectivity index (χ1v) is 17.6. The van der Waals surface area contributed by atoms with E-state index in [2.05, 4.69) is 67.4 Å². The normalized spacial score (nSPS) is 11.6. The molecule has 1 aromatic heterocycles. The van der Waals surface area contributed by atoms with Gasteiger partial charge >= 0.3 is 159 Å². The van der Waals surface area contributed by atoms with Gasteiger partial charge in [0.2, 0.25) is 0 Å². The van der Waals surface area contributed by atoms with Crippen molar-refractivity contribution in [1.82, 2.24) is 10.2 Å². The first-order valence-electron chi connectivity index (χ1n) is 10.1. The van der Waals surface area contributed by atoms with E-state index in [-0.39, 0.29) is 0 Å². The van der Waals surface area contributed by atoms with Gasteiger partial charge in [-0.2, -0.15) is 0 Å². The van der Waals surface area contributed by atoms with Crippen LogP contribution in [0.25, 0.3) is 11.3 Å². The maximum absolute atomic E-state index is 4.64. The van der Waals surface area contributed by atoms with Crippen LogP contribution in [0, 0.1) is 0 Å². The zero-order valence-electron chi connectivity index (χ0n) is 16.3. The molecule has 0 bridgehead atoms. The summed E-state index contributed by atoms with van der Waals surface area (Å²) in [6.07, 6.45) is 9.97. The Bertz CT molecular complexity index is 591. The molecule has 1 aromatic carbocycles. The van der Waals surface area contributed by atoms with Crippen LogP contribution in [0.4, 0.5) is 0 Å². The van der Waals surface area contributed by atoms with Crippen LogP contribution < -0.4 is 3.58 Å². The summed E-state index contributed by atoms with van der Waals surface area (Å²) >= 11 is -2.49. The van der Waals surface area contributed by atoms with Gasteiger partial charge in [-0.15, -0.1) is 0 Å². The molecule has 1 heterocycles. The van der Waals surface area contributed by atoms with Crippen molar-refractivity contribution in [3.63, 3.8) is 0 Å². The number of rotatable bonds is 11. The van der Waals surface area contributed by atoms with E-state index >= 15 is 0 Å². The second-order valence-electron chi connectivity index (χ2n) is 7.25. The first kappa shape index (κ1) is 20.4. The van der Waals surface area contributed by atoms with E-state index in [1.54, 1.807) is 3.58 Å². The molecule has 0 atom stereocenters. The van der Waals surface area contributed by atoms with Crippen LogP contribution in [-0.4, -0.2) is 28.6 Å². The number of aromatic nitrogens is 2. The second kappa shape index (κ2) is 10.9. The maximum atomic E-state index is 4.64. The standard InChI is InChI=1S/C10H7N2.3C4H9.Sn/c1-2-5-9(6-3-1)10-7-4-8-11-12-10;3*1-3-4-2;/h1-6,8H;3*1,3-4H2,2H3;. The third-order valence-corrected chi connectivity index (χ3v) is 21.0. The van der Waals surface area contributed by atoms with Crippen molar-refractivity contribution >= 4 is 22.0 Å². The van der Waals surface area contributed by atoms with Crippen molar-refractivity contribution in [2.45, 2.75) is 72.6 Å². The molecular weight excluding hydrogens is 411 g/mol. The van der Waals surface area contributed by atoms with Gasteiger partial charge in [0.05, 0.1) is 0 Å². The molecule has 0 aliphatic rings. The molecule has 0 unspecified atom stereocenters. The fourth-order valence-electron chi connectivity index (χ4n) is 3.89. The third kappa shape index (κ3) is 5.54. The van der Waals surface area contributed by atoms with E-state index in [1.165, 1.54) is 63.1 Å². The molecule has 0 saturated heterocycles. The van der Waals surface area contributed by atoms with Crippen LogP contribution in [0.3, 0.4) is 0 Å². The van der Waals surface area contributed by atoms with E-state index in [0.717, 1.165) is 0 Å².